The molecule has 0 aromatic rings. The summed E-state index contributed by atoms with van der Waals surface area (Å²) >= 11 is 0. The molecular weight excluding hydrogens is 298 g/mol. The van der Waals surface area contributed by atoms with E-state index in [0.29, 0.717) is 18.5 Å². The Balaban J connectivity index is 1.72. The number of nitrogens with zero attached hydrogens (tertiary/aromatic N) is 2. The summed E-state index contributed by atoms with van der Waals surface area (Å²) in [7, 11) is -3.06. The molecule has 22 heavy (non-hydrogen) atoms. The van der Waals surface area contributed by atoms with Gasteiger partial charge in [-0.15, -0.1) is 0 Å². The first kappa shape index (κ1) is 18.2. The lowest BCUT2D eigenvalue weighted by Gasteiger charge is -2.39. The summed E-state index contributed by atoms with van der Waals surface area (Å²) in [6, 6.07) is 0.669. The molecule has 0 radical (unpaired) electrons. The van der Waals surface area contributed by atoms with E-state index in [9.17, 15) is 8.42 Å². The van der Waals surface area contributed by atoms with Crippen LogP contribution in [-0.2, 0) is 10.0 Å². The monoisotopic (exact) mass is 331 g/mol. The molecule has 0 bridgehead atoms. The van der Waals surface area contributed by atoms with Crippen LogP contribution in [0.1, 0.15) is 39.5 Å². The Kier molecular flexibility index (Phi) is 6.68. The van der Waals surface area contributed by atoms with Gasteiger partial charge in [0.15, 0.2) is 0 Å². The second kappa shape index (κ2) is 8.08. The van der Waals surface area contributed by atoms with Gasteiger partial charge in [0.05, 0.1) is 6.26 Å². The van der Waals surface area contributed by atoms with Crippen LogP contribution in [-0.4, -0.2) is 69.8 Å². The van der Waals surface area contributed by atoms with Crippen molar-refractivity contribution in [2.24, 2.45) is 11.8 Å². The van der Waals surface area contributed by atoms with E-state index in [-0.39, 0.29) is 0 Å². The molecule has 0 aromatic carbocycles. The highest BCUT2D eigenvalue weighted by atomic mass is 32.2. The van der Waals surface area contributed by atoms with E-state index in [4.69, 9.17) is 0 Å². The molecule has 2 aliphatic rings. The Bertz CT molecular complexity index is 431. The van der Waals surface area contributed by atoms with E-state index in [1.165, 1.54) is 51.7 Å². The zero-order valence-corrected chi connectivity index (χ0v) is 15.2. The van der Waals surface area contributed by atoms with Crippen LogP contribution in [0.3, 0.4) is 0 Å². The normalized spacial score (nSPS) is 26.6. The SMILES string of the molecule is CC(C)N1CCC(CN2CCCC(CNS(C)(=O)=O)C2)CC1. The number of hydrogen-bond donors (Lipinski definition) is 1. The third kappa shape index (κ3) is 6.14. The smallest absolute Gasteiger partial charge is 0.208 e. The van der Waals surface area contributed by atoms with Gasteiger partial charge in [0, 0.05) is 25.7 Å². The zero-order valence-electron chi connectivity index (χ0n) is 14.4. The number of hydrogen-bond acceptors (Lipinski definition) is 4. The predicted molar refractivity (Wildman–Crippen MR) is 91.4 cm³/mol. The highest BCUT2D eigenvalue weighted by Crippen LogP contribution is 2.23. The van der Waals surface area contributed by atoms with Crippen molar-refractivity contribution in [3.05, 3.63) is 0 Å². The molecule has 2 heterocycles. The summed E-state index contributed by atoms with van der Waals surface area (Å²) in [5.74, 6) is 1.29. The van der Waals surface area contributed by atoms with Gasteiger partial charge in [-0.25, -0.2) is 13.1 Å². The second-order valence-corrected chi connectivity index (χ2v) is 9.29. The third-order valence-electron chi connectivity index (χ3n) is 5.13. The Morgan fingerprint density at radius 2 is 1.77 bits per heavy atom. The van der Waals surface area contributed by atoms with Crippen LogP contribution in [0, 0.1) is 11.8 Å². The lowest BCUT2D eigenvalue weighted by Crippen LogP contribution is -2.45. The van der Waals surface area contributed by atoms with Crippen LogP contribution in [0.5, 0.6) is 0 Å². The van der Waals surface area contributed by atoms with Crippen molar-refractivity contribution in [2.75, 3.05) is 45.5 Å². The summed E-state index contributed by atoms with van der Waals surface area (Å²) in [6.45, 7) is 11.0. The Morgan fingerprint density at radius 3 is 2.36 bits per heavy atom. The van der Waals surface area contributed by atoms with Crippen molar-refractivity contribution < 1.29 is 8.42 Å². The number of sulfonamides is 1. The fourth-order valence-corrected chi connectivity index (χ4v) is 4.31. The summed E-state index contributed by atoms with van der Waals surface area (Å²) in [4.78, 5) is 5.14. The lowest BCUT2D eigenvalue weighted by atomic mass is 9.92. The molecule has 2 aliphatic heterocycles. The molecule has 2 rings (SSSR count). The van der Waals surface area contributed by atoms with Crippen molar-refractivity contribution in [3.8, 4) is 0 Å². The van der Waals surface area contributed by atoms with Crippen molar-refractivity contribution in [2.45, 2.75) is 45.6 Å². The van der Waals surface area contributed by atoms with Crippen LogP contribution >= 0.6 is 0 Å². The zero-order chi connectivity index (χ0) is 16.2. The molecule has 2 saturated heterocycles. The molecule has 0 spiro atoms. The molecule has 5 nitrogen and oxygen atoms in total. The van der Waals surface area contributed by atoms with E-state index in [0.717, 1.165) is 18.9 Å². The van der Waals surface area contributed by atoms with Crippen molar-refractivity contribution in [1.29, 1.82) is 0 Å². The van der Waals surface area contributed by atoms with Crippen LogP contribution in [0.2, 0.25) is 0 Å². The first-order chi connectivity index (χ1) is 10.3. The molecule has 0 amide bonds. The lowest BCUT2D eigenvalue weighted by molar-refractivity contribution is 0.101. The van der Waals surface area contributed by atoms with Gasteiger partial charge in [0.25, 0.3) is 0 Å². The molecule has 2 fully saturated rings. The standard InChI is InChI=1S/C16H33N3O2S/c1-14(2)19-9-6-15(7-10-19)12-18-8-4-5-16(13-18)11-17-22(3,20)21/h14-17H,4-13H2,1-3H3. The van der Waals surface area contributed by atoms with Crippen LogP contribution in [0.25, 0.3) is 0 Å². The van der Waals surface area contributed by atoms with Gasteiger partial charge in [-0.05, 0) is 71.0 Å². The minimum Gasteiger partial charge on any atom is -0.303 e. The summed E-state index contributed by atoms with van der Waals surface area (Å²) in [6.07, 6.45) is 6.20. The van der Waals surface area contributed by atoms with Crippen molar-refractivity contribution in [3.63, 3.8) is 0 Å². The predicted octanol–water partition coefficient (Wildman–Crippen LogP) is 1.37. The van der Waals surface area contributed by atoms with Crippen LogP contribution in [0.4, 0.5) is 0 Å². The summed E-state index contributed by atoms with van der Waals surface area (Å²) in [5.41, 5.74) is 0. The topological polar surface area (TPSA) is 52.6 Å². The van der Waals surface area contributed by atoms with Gasteiger partial charge >= 0.3 is 0 Å². The molecule has 6 heteroatoms. The Morgan fingerprint density at radius 1 is 1.09 bits per heavy atom. The molecule has 1 unspecified atom stereocenters. The molecular formula is C16H33N3O2S. The van der Waals surface area contributed by atoms with E-state index < -0.39 is 10.0 Å². The van der Waals surface area contributed by atoms with Crippen LogP contribution < -0.4 is 4.72 Å². The number of rotatable bonds is 6. The molecule has 1 atom stereocenters. The third-order valence-corrected chi connectivity index (χ3v) is 5.82. The van der Waals surface area contributed by atoms with Gasteiger partial charge in [0.1, 0.15) is 0 Å². The average molecular weight is 332 g/mol. The minimum absolute atomic E-state index is 0.472. The number of nitrogens with one attached hydrogen (secondary N) is 1. The van der Waals surface area contributed by atoms with Crippen molar-refractivity contribution >= 4 is 10.0 Å². The molecule has 0 aliphatic carbocycles. The van der Waals surface area contributed by atoms with E-state index in [2.05, 4.69) is 28.4 Å². The maximum absolute atomic E-state index is 11.2. The highest BCUT2D eigenvalue weighted by Gasteiger charge is 2.26. The highest BCUT2D eigenvalue weighted by molar-refractivity contribution is 7.88. The first-order valence-electron chi connectivity index (χ1n) is 8.74. The Hall–Kier alpha value is -0.170. The van der Waals surface area contributed by atoms with Gasteiger partial charge in [-0.2, -0.15) is 0 Å². The first-order valence-corrected chi connectivity index (χ1v) is 10.6. The van der Waals surface area contributed by atoms with Gasteiger partial charge in [0.2, 0.25) is 10.0 Å². The van der Waals surface area contributed by atoms with Gasteiger partial charge < -0.3 is 9.80 Å². The maximum Gasteiger partial charge on any atom is 0.208 e. The largest absolute Gasteiger partial charge is 0.303 e. The fourth-order valence-electron chi connectivity index (χ4n) is 3.77. The average Bonchev–Trinajstić information content (AvgIpc) is 2.45. The van der Waals surface area contributed by atoms with Gasteiger partial charge in [-0.1, -0.05) is 0 Å². The van der Waals surface area contributed by atoms with E-state index in [1.807, 2.05) is 0 Å². The molecule has 0 aromatic heterocycles. The number of likely N-dealkylation sites (tertiary alicyclic amines) is 2. The van der Waals surface area contributed by atoms with Gasteiger partial charge in [-0.3, -0.25) is 0 Å². The van der Waals surface area contributed by atoms with Crippen LogP contribution in [0.15, 0.2) is 0 Å². The van der Waals surface area contributed by atoms with Crippen molar-refractivity contribution in [1.82, 2.24) is 14.5 Å². The van der Waals surface area contributed by atoms with E-state index >= 15 is 0 Å². The summed E-state index contributed by atoms with van der Waals surface area (Å²) in [5, 5.41) is 0. The van der Waals surface area contributed by atoms with E-state index in [1.54, 1.807) is 0 Å². The fraction of sp³-hybridized carbons (Fsp3) is 1.00. The second-order valence-electron chi connectivity index (χ2n) is 7.46. The number of piperidine rings is 2. The molecule has 0 saturated carbocycles. The molecule has 1 N–H and O–H groups in total. The quantitative estimate of drug-likeness (QED) is 0.799. The molecule has 130 valence electrons. The Labute approximate surface area is 136 Å². The summed E-state index contributed by atoms with van der Waals surface area (Å²) < 4.78 is 25.1. The minimum atomic E-state index is -3.06. The maximum atomic E-state index is 11.2.